The Morgan fingerprint density at radius 3 is 1.84 bits per heavy atom. The predicted molar refractivity (Wildman–Crippen MR) is 78.3 cm³/mol. The van der Waals surface area contributed by atoms with Crippen LogP contribution in [-0.2, 0) is 9.53 Å². The number of rotatable bonds is 4. The highest BCUT2D eigenvalue weighted by atomic mass is 16.5. The Bertz CT molecular complexity index is 463. The smallest absolute Gasteiger partial charge is 0.305 e. The summed E-state index contributed by atoms with van der Waals surface area (Å²) in [4.78, 5) is 11.2. The summed E-state index contributed by atoms with van der Waals surface area (Å²) in [7, 11) is 1.41. The largest absolute Gasteiger partial charge is 0.469 e. The molecule has 0 fully saturated rings. The lowest BCUT2D eigenvalue weighted by molar-refractivity contribution is -0.140. The van der Waals surface area contributed by atoms with E-state index in [1.165, 1.54) is 40.5 Å². The van der Waals surface area contributed by atoms with E-state index in [0.717, 1.165) is 0 Å². The van der Waals surface area contributed by atoms with E-state index in [4.69, 9.17) is 5.73 Å². The molecule has 2 N–H and O–H groups in total. The molecule has 0 spiro atoms. The standard InChI is InChI=1S/C16H25NO2/c1-9-10(2)12(4)16(13(5)11(9)3)14(17)7-8-15(18)19-6/h14H,7-8,17H2,1-6H3. The molecule has 19 heavy (non-hydrogen) atoms. The molecule has 1 rings (SSSR count). The van der Waals surface area contributed by atoms with Crippen molar-refractivity contribution < 1.29 is 9.53 Å². The summed E-state index contributed by atoms with van der Waals surface area (Å²) in [5, 5.41) is 0. The lowest BCUT2D eigenvalue weighted by Gasteiger charge is -2.23. The van der Waals surface area contributed by atoms with E-state index in [-0.39, 0.29) is 12.0 Å². The molecule has 0 aliphatic heterocycles. The average molecular weight is 263 g/mol. The van der Waals surface area contributed by atoms with E-state index in [2.05, 4.69) is 39.4 Å². The number of benzene rings is 1. The van der Waals surface area contributed by atoms with Gasteiger partial charge in [-0.2, -0.15) is 0 Å². The molecule has 106 valence electrons. The Morgan fingerprint density at radius 2 is 1.42 bits per heavy atom. The monoisotopic (exact) mass is 263 g/mol. The summed E-state index contributed by atoms with van der Waals surface area (Å²) in [5.41, 5.74) is 13.9. The van der Waals surface area contributed by atoms with Crippen molar-refractivity contribution in [3.8, 4) is 0 Å². The number of esters is 1. The van der Waals surface area contributed by atoms with Gasteiger partial charge in [0.15, 0.2) is 0 Å². The Morgan fingerprint density at radius 1 is 1.00 bits per heavy atom. The number of ether oxygens (including phenoxy) is 1. The first-order valence-electron chi connectivity index (χ1n) is 6.70. The van der Waals surface area contributed by atoms with Gasteiger partial charge < -0.3 is 10.5 Å². The van der Waals surface area contributed by atoms with Crippen LogP contribution in [-0.4, -0.2) is 13.1 Å². The molecule has 0 aliphatic carbocycles. The van der Waals surface area contributed by atoms with Crippen molar-refractivity contribution in [2.24, 2.45) is 5.73 Å². The average Bonchev–Trinajstić information content (AvgIpc) is 2.40. The number of methoxy groups -OCH3 is 1. The van der Waals surface area contributed by atoms with Gasteiger partial charge in [0.05, 0.1) is 7.11 Å². The Hall–Kier alpha value is -1.35. The number of carbonyl (C=O) groups excluding carboxylic acids is 1. The van der Waals surface area contributed by atoms with Crippen molar-refractivity contribution in [1.82, 2.24) is 0 Å². The normalized spacial score (nSPS) is 12.4. The lowest BCUT2D eigenvalue weighted by Crippen LogP contribution is -2.17. The molecular formula is C16H25NO2. The Labute approximate surface area is 116 Å². The third-order valence-electron chi connectivity index (χ3n) is 4.32. The van der Waals surface area contributed by atoms with E-state index < -0.39 is 0 Å². The van der Waals surface area contributed by atoms with Gasteiger partial charge in [-0.1, -0.05) is 0 Å². The van der Waals surface area contributed by atoms with Crippen LogP contribution in [0.15, 0.2) is 0 Å². The summed E-state index contributed by atoms with van der Waals surface area (Å²) in [6, 6.07) is -0.114. The molecule has 0 bridgehead atoms. The summed E-state index contributed by atoms with van der Waals surface area (Å²) in [6.07, 6.45) is 0.985. The van der Waals surface area contributed by atoms with E-state index >= 15 is 0 Å². The van der Waals surface area contributed by atoms with Gasteiger partial charge in [-0.15, -0.1) is 0 Å². The van der Waals surface area contributed by atoms with Crippen LogP contribution in [0.2, 0.25) is 0 Å². The molecule has 3 nitrogen and oxygen atoms in total. The zero-order valence-corrected chi connectivity index (χ0v) is 12.9. The van der Waals surface area contributed by atoms with Gasteiger partial charge >= 0.3 is 5.97 Å². The van der Waals surface area contributed by atoms with Crippen molar-refractivity contribution >= 4 is 5.97 Å². The Kier molecular flexibility index (Phi) is 5.12. The van der Waals surface area contributed by atoms with Gasteiger partial charge in [-0.25, -0.2) is 0 Å². The first kappa shape index (κ1) is 15.7. The van der Waals surface area contributed by atoms with Gasteiger partial charge in [0, 0.05) is 12.5 Å². The molecule has 0 radical (unpaired) electrons. The van der Waals surface area contributed by atoms with Crippen LogP contribution in [0.1, 0.15) is 52.3 Å². The van der Waals surface area contributed by atoms with Crippen molar-refractivity contribution in [1.29, 1.82) is 0 Å². The molecule has 0 saturated heterocycles. The molecule has 3 heteroatoms. The fraction of sp³-hybridized carbons (Fsp3) is 0.562. The number of carbonyl (C=O) groups is 1. The van der Waals surface area contributed by atoms with Crippen molar-refractivity contribution in [3.63, 3.8) is 0 Å². The molecule has 0 amide bonds. The molecule has 1 unspecified atom stereocenters. The molecule has 0 saturated carbocycles. The van der Waals surface area contributed by atoms with E-state index in [0.29, 0.717) is 12.8 Å². The Balaban J connectivity index is 3.10. The highest BCUT2D eigenvalue weighted by molar-refractivity contribution is 5.69. The summed E-state index contributed by atoms with van der Waals surface area (Å²) in [6.45, 7) is 10.6. The van der Waals surface area contributed by atoms with Crippen LogP contribution in [0.25, 0.3) is 0 Å². The predicted octanol–water partition coefficient (Wildman–Crippen LogP) is 3.18. The second-order valence-electron chi connectivity index (χ2n) is 5.26. The second kappa shape index (κ2) is 6.20. The quantitative estimate of drug-likeness (QED) is 0.849. The summed E-state index contributed by atoms with van der Waals surface area (Å²) >= 11 is 0. The van der Waals surface area contributed by atoms with Crippen LogP contribution in [0, 0.1) is 34.6 Å². The zero-order chi connectivity index (χ0) is 14.7. The fourth-order valence-corrected chi connectivity index (χ4v) is 2.60. The maximum atomic E-state index is 11.2. The molecule has 1 aromatic carbocycles. The van der Waals surface area contributed by atoms with Crippen LogP contribution >= 0.6 is 0 Å². The van der Waals surface area contributed by atoms with Gasteiger partial charge in [-0.05, 0) is 74.4 Å². The first-order chi connectivity index (χ1) is 8.81. The van der Waals surface area contributed by atoms with Crippen LogP contribution in [0.3, 0.4) is 0 Å². The molecule has 0 heterocycles. The fourth-order valence-electron chi connectivity index (χ4n) is 2.60. The molecule has 1 aromatic rings. The minimum atomic E-state index is -0.202. The minimum absolute atomic E-state index is 0.114. The molecule has 0 aliphatic rings. The highest BCUT2D eigenvalue weighted by Crippen LogP contribution is 2.31. The van der Waals surface area contributed by atoms with Gasteiger partial charge in [-0.3, -0.25) is 4.79 Å². The van der Waals surface area contributed by atoms with Crippen LogP contribution in [0.4, 0.5) is 0 Å². The summed E-state index contributed by atoms with van der Waals surface area (Å²) in [5.74, 6) is -0.202. The lowest BCUT2D eigenvalue weighted by atomic mass is 9.85. The maximum absolute atomic E-state index is 11.2. The van der Waals surface area contributed by atoms with Gasteiger partial charge in [0.1, 0.15) is 0 Å². The number of hydrogen-bond donors (Lipinski definition) is 1. The number of hydrogen-bond acceptors (Lipinski definition) is 3. The first-order valence-corrected chi connectivity index (χ1v) is 6.70. The van der Waals surface area contributed by atoms with Crippen molar-refractivity contribution in [2.45, 2.75) is 53.5 Å². The van der Waals surface area contributed by atoms with E-state index in [1.807, 2.05) is 0 Å². The van der Waals surface area contributed by atoms with Crippen molar-refractivity contribution in [2.75, 3.05) is 7.11 Å². The highest BCUT2D eigenvalue weighted by Gasteiger charge is 2.18. The van der Waals surface area contributed by atoms with Gasteiger partial charge in [0.2, 0.25) is 0 Å². The van der Waals surface area contributed by atoms with Gasteiger partial charge in [0.25, 0.3) is 0 Å². The minimum Gasteiger partial charge on any atom is -0.469 e. The summed E-state index contributed by atoms with van der Waals surface area (Å²) < 4.78 is 4.67. The van der Waals surface area contributed by atoms with Crippen LogP contribution < -0.4 is 5.73 Å². The topological polar surface area (TPSA) is 52.3 Å². The SMILES string of the molecule is COC(=O)CCC(N)c1c(C)c(C)c(C)c(C)c1C. The third-order valence-corrected chi connectivity index (χ3v) is 4.32. The van der Waals surface area contributed by atoms with E-state index in [9.17, 15) is 4.79 Å². The third kappa shape index (κ3) is 3.16. The second-order valence-corrected chi connectivity index (χ2v) is 5.26. The number of nitrogens with two attached hydrogens (primary N) is 1. The van der Waals surface area contributed by atoms with Crippen LogP contribution in [0.5, 0.6) is 0 Å². The zero-order valence-electron chi connectivity index (χ0n) is 12.9. The molecule has 1 atom stereocenters. The van der Waals surface area contributed by atoms with E-state index in [1.54, 1.807) is 0 Å². The molecular weight excluding hydrogens is 238 g/mol. The van der Waals surface area contributed by atoms with Crippen molar-refractivity contribution in [3.05, 3.63) is 33.4 Å². The molecule has 0 aromatic heterocycles. The maximum Gasteiger partial charge on any atom is 0.305 e.